The van der Waals surface area contributed by atoms with Crippen LogP contribution in [0.5, 0.6) is 0 Å². The quantitative estimate of drug-likeness (QED) is 0.915. The summed E-state index contributed by atoms with van der Waals surface area (Å²) in [6.45, 7) is 8.10. The average molecular weight is 284 g/mol. The van der Waals surface area contributed by atoms with Gasteiger partial charge in [-0.2, -0.15) is 0 Å². The lowest BCUT2D eigenvalue weighted by atomic mass is 9.92. The molecule has 0 aromatic heterocycles. The van der Waals surface area contributed by atoms with Gasteiger partial charge in [0.1, 0.15) is 0 Å². The Labute approximate surface area is 126 Å². The smallest absolute Gasteiger partial charge is 0.253 e. The van der Waals surface area contributed by atoms with Gasteiger partial charge in [-0.25, -0.2) is 0 Å². The van der Waals surface area contributed by atoms with Gasteiger partial charge in [-0.05, 0) is 41.8 Å². The van der Waals surface area contributed by atoms with E-state index in [2.05, 4.69) is 19.9 Å². The summed E-state index contributed by atoms with van der Waals surface area (Å²) in [5.41, 5.74) is 6.46. The minimum Gasteiger partial charge on any atom is -0.338 e. The Morgan fingerprint density at radius 1 is 1.14 bits per heavy atom. The molecule has 0 saturated carbocycles. The van der Waals surface area contributed by atoms with Gasteiger partial charge in [-0.1, -0.05) is 44.2 Å². The molecule has 112 valence electrons. The highest BCUT2D eigenvalue weighted by atomic mass is 16.2. The van der Waals surface area contributed by atoms with E-state index in [0.717, 1.165) is 16.3 Å². The molecule has 0 aliphatic carbocycles. The fraction of sp³-hybridized carbons (Fsp3) is 0.389. The molecule has 3 nitrogen and oxygen atoms in total. The third kappa shape index (κ3) is 3.61. The fourth-order valence-corrected chi connectivity index (χ4v) is 2.41. The average Bonchev–Trinajstić information content (AvgIpc) is 2.51. The zero-order chi connectivity index (χ0) is 15.5. The summed E-state index contributed by atoms with van der Waals surface area (Å²) < 4.78 is 0. The standard InChI is InChI=1S/C18H24N2O/c1-4-20(13-18(2,3)12-19)17(21)16-10-9-14-7-5-6-8-15(14)11-16/h5-11H,4,12-13,19H2,1-3H3. The summed E-state index contributed by atoms with van der Waals surface area (Å²) in [5.74, 6) is 0.0739. The lowest BCUT2D eigenvalue weighted by Gasteiger charge is -2.31. The third-order valence-electron chi connectivity index (χ3n) is 3.84. The van der Waals surface area contributed by atoms with Crippen molar-refractivity contribution in [2.45, 2.75) is 20.8 Å². The van der Waals surface area contributed by atoms with Gasteiger partial charge in [0.05, 0.1) is 0 Å². The molecule has 2 aromatic rings. The highest BCUT2D eigenvalue weighted by molar-refractivity contribution is 5.98. The highest BCUT2D eigenvalue weighted by Crippen LogP contribution is 2.20. The van der Waals surface area contributed by atoms with E-state index >= 15 is 0 Å². The monoisotopic (exact) mass is 284 g/mol. The predicted molar refractivity (Wildman–Crippen MR) is 88.4 cm³/mol. The fourth-order valence-electron chi connectivity index (χ4n) is 2.41. The Morgan fingerprint density at radius 3 is 2.43 bits per heavy atom. The first-order valence-electron chi connectivity index (χ1n) is 7.45. The van der Waals surface area contributed by atoms with Crippen molar-refractivity contribution in [2.75, 3.05) is 19.6 Å². The van der Waals surface area contributed by atoms with Gasteiger partial charge < -0.3 is 10.6 Å². The van der Waals surface area contributed by atoms with Crippen LogP contribution in [0, 0.1) is 5.41 Å². The molecule has 2 rings (SSSR count). The number of fused-ring (bicyclic) bond motifs is 1. The molecule has 2 N–H and O–H groups in total. The van der Waals surface area contributed by atoms with Crippen LogP contribution in [-0.4, -0.2) is 30.4 Å². The van der Waals surface area contributed by atoms with Crippen LogP contribution in [0.4, 0.5) is 0 Å². The minimum absolute atomic E-state index is 0.0669. The van der Waals surface area contributed by atoms with Gasteiger partial charge in [-0.15, -0.1) is 0 Å². The molecule has 0 spiro atoms. The third-order valence-corrected chi connectivity index (χ3v) is 3.84. The Balaban J connectivity index is 2.27. The van der Waals surface area contributed by atoms with Crippen molar-refractivity contribution in [2.24, 2.45) is 11.1 Å². The van der Waals surface area contributed by atoms with Crippen LogP contribution < -0.4 is 5.73 Å². The number of rotatable bonds is 5. The van der Waals surface area contributed by atoms with Gasteiger partial charge >= 0.3 is 0 Å². The summed E-state index contributed by atoms with van der Waals surface area (Å²) >= 11 is 0. The van der Waals surface area contributed by atoms with Crippen LogP contribution in [-0.2, 0) is 0 Å². The molecular weight excluding hydrogens is 260 g/mol. The molecule has 1 amide bonds. The number of nitrogens with zero attached hydrogens (tertiary/aromatic N) is 1. The molecule has 0 aliphatic rings. The van der Waals surface area contributed by atoms with Crippen molar-refractivity contribution >= 4 is 16.7 Å². The van der Waals surface area contributed by atoms with Gasteiger partial charge in [0.15, 0.2) is 0 Å². The minimum atomic E-state index is -0.0669. The van der Waals surface area contributed by atoms with Crippen molar-refractivity contribution < 1.29 is 4.79 Å². The Bertz CT molecular complexity index is 634. The molecule has 3 heteroatoms. The number of hydrogen-bond donors (Lipinski definition) is 1. The molecular formula is C18H24N2O. The van der Waals surface area contributed by atoms with Crippen LogP contribution in [0.3, 0.4) is 0 Å². The van der Waals surface area contributed by atoms with E-state index in [1.54, 1.807) is 0 Å². The maximum atomic E-state index is 12.7. The van der Waals surface area contributed by atoms with Crippen LogP contribution in [0.2, 0.25) is 0 Å². The maximum absolute atomic E-state index is 12.7. The molecule has 0 bridgehead atoms. The van der Waals surface area contributed by atoms with Gasteiger partial charge in [0.25, 0.3) is 5.91 Å². The maximum Gasteiger partial charge on any atom is 0.253 e. The highest BCUT2D eigenvalue weighted by Gasteiger charge is 2.23. The predicted octanol–water partition coefficient (Wildman–Crippen LogP) is 3.29. The second-order valence-corrected chi connectivity index (χ2v) is 6.25. The van der Waals surface area contributed by atoms with E-state index in [9.17, 15) is 4.79 Å². The van der Waals surface area contributed by atoms with Crippen molar-refractivity contribution in [1.29, 1.82) is 0 Å². The molecule has 21 heavy (non-hydrogen) atoms. The zero-order valence-electron chi connectivity index (χ0n) is 13.1. The van der Waals surface area contributed by atoms with Crippen LogP contribution in [0.25, 0.3) is 10.8 Å². The van der Waals surface area contributed by atoms with Crippen LogP contribution in [0.15, 0.2) is 42.5 Å². The van der Waals surface area contributed by atoms with Gasteiger partial charge in [0.2, 0.25) is 0 Å². The molecule has 0 aliphatic heterocycles. The first-order chi connectivity index (χ1) is 9.96. The summed E-state index contributed by atoms with van der Waals surface area (Å²) in [7, 11) is 0. The number of nitrogens with two attached hydrogens (primary N) is 1. The zero-order valence-corrected chi connectivity index (χ0v) is 13.1. The molecule has 0 atom stereocenters. The summed E-state index contributed by atoms with van der Waals surface area (Å²) in [6, 6.07) is 14.0. The van der Waals surface area contributed by atoms with Gasteiger partial charge in [-0.3, -0.25) is 4.79 Å². The van der Waals surface area contributed by atoms with E-state index in [0.29, 0.717) is 19.6 Å². The number of carbonyl (C=O) groups excluding carboxylic acids is 1. The Morgan fingerprint density at radius 2 is 1.81 bits per heavy atom. The number of carbonyl (C=O) groups is 1. The van der Waals surface area contributed by atoms with E-state index in [1.807, 2.05) is 48.2 Å². The molecule has 0 unspecified atom stereocenters. The summed E-state index contributed by atoms with van der Waals surface area (Å²) in [4.78, 5) is 14.6. The molecule has 0 saturated heterocycles. The first-order valence-corrected chi connectivity index (χ1v) is 7.45. The van der Waals surface area contributed by atoms with Gasteiger partial charge in [0, 0.05) is 18.7 Å². The molecule has 0 heterocycles. The van der Waals surface area contributed by atoms with Crippen molar-refractivity contribution in [3.8, 4) is 0 Å². The normalized spacial score (nSPS) is 11.6. The number of hydrogen-bond acceptors (Lipinski definition) is 2. The van der Waals surface area contributed by atoms with E-state index < -0.39 is 0 Å². The molecule has 0 fully saturated rings. The number of benzene rings is 2. The van der Waals surface area contributed by atoms with E-state index in [1.165, 1.54) is 0 Å². The van der Waals surface area contributed by atoms with Crippen molar-refractivity contribution in [1.82, 2.24) is 4.90 Å². The largest absolute Gasteiger partial charge is 0.338 e. The lowest BCUT2D eigenvalue weighted by molar-refractivity contribution is 0.0701. The van der Waals surface area contributed by atoms with Crippen molar-refractivity contribution in [3.63, 3.8) is 0 Å². The Kier molecular flexibility index (Phi) is 4.63. The Hall–Kier alpha value is -1.87. The van der Waals surface area contributed by atoms with Crippen LogP contribution >= 0.6 is 0 Å². The van der Waals surface area contributed by atoms with Crippen LogP contribution in [0.1, 0.15) is 31.1 Å². The SMILES string of the molecule is CCN(CC(C)(C)CN)C(=O)c1ccc2ccccc2c1. The second kappa shape index (κ2) is 6.27. The van der Waals surface area contributed by atoms with E-state index in [4.69, 9.17) is 5.73 Å². The molecule has 2 aromatic carbocycles. The van der Waals surface area contributed by atoms with E-state index in [-0.39, 0.29) is 11.3 Å². The molecule has 0 radical (unpaired) electrons. The second-order valence-electron chi connectivity index (χ2n) is 6.25. The summed E-state index contributed by atoms with van der Waals surface area (Å²) in [6.07, 6.45) is 0. The first kappa shape index (κ1) is 15.5. The van der Waals surface area contributed by atoms with Crippen molar-refractivity contribution in [3.05, 3.63) is 48.0 Å². The topological polar surface area (TPSA) is 46.3 Å². The lowest BCUT2D eigenvalue weighted by Crippen LogP contribution is -2.41. The number of amides is 1. The summed E-state index contributed by atoms with van der Waals surface area (Å²) in [5, 5.41) is 2.25.